The van der Waals surface area contributed by atoms with Crippen LogP contribution in [0.25, 0.3) is 10.8 Å². The van der Waals surface area contributed by atoms with Crippen molar-refractivity contribution in [3.05, 3.63) is 64.6 Å². The first-order chi connectivity index (χ1) is 14.4. The predicted molar refractivity (Wildman–Crippen MR) is 117 cm³/mol. The molecule has 0 saturated carbocycles. The van der Waals surface area contributed by atoms with Gasteiger partial charge in [0.2, 0.25) is 0 Å². The maximum Gasteiger partial charge on any atom is 0.275 e. The molecule has 1 aliphatic rings. The van der Waals surface area contributed by atoms with Crippen molar-refractivity contribution in [1.82, 2.24) is 14.7 Å². The maximum absolute atomic E-state index is 13.3. The van der Waals surface area contributed by atoms with Gasteiger partial charge in [-0.15, -0.1) is 0 Å². The lowest BCUT2D eigenvalue weighted by Crippen LogP contribution is -2.49. The van der Waals surface area contributed by atoms with Crippen LogP contribution in [0.2, 0.25) is 0 Å². The number of amides is 1. The maximum atomic E-state index is 13.3. The standard InChI is InChI=1S/C23H26N4O3/c1-16(2)15-27-22(29)20-9-4-3-8-19(20)21(24-27)23(30)26-12-10-25(11-13-26)17-6-5-7-18(28)14-17/h3-9,14,16,28H,10-13,15H2,1-2H3. The third-order valence-electron chi connectivity index (χ3n) is 5.37. The average Bonchev–Trinajstić information content (AvgIpc) is 2.75. The van der Waals surface area contributed by atoms with Gasteiger partial charge in [0.25, 0.3) is 11.5 Å². The number of hydrogen-bond donors (Lipinski definition) is 1. The molecular weight excluding hydrogens is 380 g/mol. The van der Waals surface area contributed by atoms with Crippen molar-refractivity contribution in [2.24, 2.45) is 5.92 Å². The van der Waals surface area contributed by atoms with Gasteiger partial charge >= 0.3 is 0 Å². The van der Waals surface area contributed by atoms with E-state index in [-0.39, 0.29) is 23.1 Å². The molecule has 156 valence electrons. The fourth-order valence-corrected chi connectivity index (χ4v) is 3.87. The first-order valence-corrected chi connectivity index (χ1v) is 10.3. The molecule has 0 unspecified atom stereocenters. The van der Waals surface area contributed by atoms with E-state index >= 15 is 0 Å². The van der Waals surface area contributed by atoms with E-state index in [1.165, 1.54) is 4.68 Å². The third-order valence-corrected chi connectivity index (χ3v) is 5.37. The zero-order valence-corrected chi connectivity index (χ0v) is 17.3. The summed E-state index contributed by atoms with van der Waals surface area (Å²) in [7, 11) is 0. The van der Waals surface area contributed by atoms with Gasteiger partial charge in [-0.05, 0) is 24.1 Å². The minimum absolute atomic E-state index is 0.153. The van der Waals surface area contributed by atoms with Crippen LogP contribution in [0.3, 0.4) is 0 Å². The Morgan fingerprint density at radius 2 is 1.73 bits per heavy atom. The van der Waals surface area contributed by atoms with Crippen LogP contribution >= 0.6 is 0 Å². The summed E-state index contributed by atoms with van der Waals surface area (Å²) >= 11 is 0. The Hall–Kier alpha value is -3.35. The number of aromatic hydroxyl groups is 1. The highest BCUT2D eigenvalue weighted by atomic mass is 16.3. The summed E-state index contributed by atoms with van der Waals surface area (Å²) in [5, 5.41) is 15.3. The van der Waals surface area contributed by atoms with E-state index in [0.29, 0.717) is 49.2 Å². The minimum atomic E-state index is -0.162. The minimum Gasteiger partial charge on any atom is -0.508 e. The average molecular weight is 406 g/mol. The second kappa shape index (κ2) is 8.18. The molecule has 7 nitrogen and oxygen atoms in total. The highest BCUT2D eigenvalue weighted by Gasteiger charge is 2.26. The number of aromatic nitrogens is 2. The van der Waals surface area contributed by atoms with E-state index in [1.54, 1.807) is 29.2 Å². The summed E-state index contributed by atoms with van der Waals surface area (Å²) < 4.78 is 1.42. The van der Waals surface area contributed by atoms with E-state index < -0.39 is 0 Å². The number of rotatable bonds is 4. The first kappa shape index (κ1) is 19.9. The number of phenols is 1. The summed E-state index contributed by atoms with van der Waals surface area (Å²) in [6.45, 7) is 6.94. The van der Waals surface area contributed by atoms with Crippen molar-refractivity contribution in [2.75, 3.05) is 31.1 Å². The molecule has 1 fully saturated rings. The predicted octanol–water partition coefficient (Wildman–Crippen LogP) is 2.72. The van der Waals surface area contributed by atoms with Gasteiger partial charge in [-0.2, -0.15) is 5.10 Å². The highest BCUT2D eigenvalue weighted by Crippen LogP contribution is 2.22. The fraction of sp³-hybridized carbons (Fsp3) is 0.348. The number of hydrogen-bond acceptors (Lipinski definition) is 5. The molecule has 3 aromatic rings. The highest BCUT2D eigenvalue weighted by molar-refractivity contribution is 6.04. The Labute approximate surface area is 175 Å². The molecule has 1 aromatic heterocycles. The van der Waals surface area contributed by atoms with E-state index in [2.05, 4.69) is 10.00 Å². The van der Waals surface area contributed by atoms with Gasteiger partial charge in [0, 0.05) is 49.9 Å². The van der Waals surface area contributed by atoms with Crippen molar-refractivity contribution >= 4 is 22.4 Å². The Morgan fingerprint density at radius 3 is 2.40 bits per heavy atom. The number of benzene rings is 2. The van der Waals surface area contributed by atoms with Gasteiger partial charge in [-0.1, -0.05) is 38.1 Å². The van der Waals surface area contributed by atoms with Gasteiger partial charge in [0.1, 0.15) is 5.75 Å². The van der Waals surface area contributed by atoms with Gasteiger partial charge in [0.15, 0.2) is 5.69 Å². The number of carbonyl (C=O) groups is 1. The monoisotopic (exact) mass is 406 g/mol. The molecule has 1 amide bonds. The molecule has 30 heavy (non-hydrogen) atoms. The lowest BCUT2D eigenvalue weighted by molar-refractivity contribution is 0.0740. The molecule has 0 radical (unpaired) electrons. The Morgan fingerprint density at radius 1 is 1.03 bits per heavy atom. The quantitative estimate of drug-likeness (QED) is 0.721. The van der Waals surface area contributed by atoms with Crippen LogP contribution in [0, 0.1) is 5.92 Å². The molecule has 2 aromatic carbocycles. The number of nitrogens with zero attached hydrogens (tertiary/aromatic N) is 4. The summed E-state index contributed by atoms with van der Waals surface area (Å²) in [4.78, 5) is 30.1. The zero-order valence-electron chi connectivity index (χ0n) is 17.3. The number of phenolic OH excluding ortho intramolecular Hbond substituents is 1. The fourth-order valence-electron chi connectivity index (χ4n) is 3.87. The molecule has 1 N–H and O–H groups in total. The van der Waals surface area contributed by atoms with Crippen molar-refractivity contribution in [3.63, 3.8) is 0 Å². The topological polar surface area (TPSA) is 78.7 Å². The van der Waals surface area contributed by atoms with Gasteiger partial charge < -0.3 is 14.9 Å². The zero-order chi connectivity index (χ0) is 21.3. The molecule has 2 heterocycles. The Kier molecular flexibility index (Phi) is 5.44. The second-order valence-electron chi connectivity index (χ2n) is 8.07. The smallest absolute Gasteiger partial charge is 0.275 e. The molecular formula is C23H26N4O3. The summed E-state index contributed by atoms with van der Waals surface area (Å²) in [5.41, 5.74) is 1.11. The number of carbonyl (C=O) groups excluding carboxylic acids is 1. The van der Waals surface area contributed by atoms with Crippen LogP contribution in [0.5, 0.6) is 5.75 Å². The summed E-state index contributed by atoms with van der Waals surface area (Å²) in [6.07, 6.45) is 0. The van der Waals surface area contributed by atoms with E-state index in [9.17, 15) is 14.7 Å². The van der Waals surface area contributed by atoms with Crippen molar-refractivity contribution in [1.29, 1.82) is 0 Å². The number of piperazine rings is 1. The third kappa shape index (κ3) is 3.87. The largest absolute Gasteiger partial charge is 0.508 e. The first-order valence-electron chi connectivity index (χ1n) is 10.3. The van der Waals surface area contributed by atoms with Gasteiger partial charge in [0.05, 0.1) is 5.39 Å². The van der Waals surface area contributed by atoms with Crippen LogP contribution in [0.15, 0.2) is 53.3 Å². The molecule has 1 aliphatic heterocycles. The van der Waals surface area contributed by atoms with Crippen LogP contribution in [-0.2, 0) is 6.54 Å². The van der Waals surface area contributed by atoms with Gasteiger partial charge in [-0.3, -0.25) is 9.59 Å². The number of fused-ring (bicyclic) bond motifs is 1. The van der Waals surface area contributed by atoms with Crippen LogP contribution in [0.1, 0.15) is 24.3 Å². The van der Waals surface area contributed by atoms with E-state index in [0.717, 1.165) is 5.69 Å². The van der Waals surface area contributed by atoms with Crippen LogP contribution in [-0.4, -0.2) is 51.9 Å². The molecule has 4 rings (SSSR count). The van der Waals surface area contributed by atoms with E-state index in [4.69, 9.17) is 0 Å². The van der Waals surface area contributed by atoms with Crippen molar-refractivity contribution in [3.8, 4) is 5.75 Å². The van der Waals surface area contributed by atoms with E-state index in [1.807, 2.05) is 38.1 Å². The molecule has 0 bridgehead atoms. The normalized spacial score (nSPS) is 14.5. The second-order valence-corrected chi connectivity index (χ2v) is 8.07. The molecule has 1 saturated heterocycles. The summed E-state index contributed by atoms with van der Waals surface area (Å²) in [5.74, 6) is 0.318. The van der Waals surface area contributed by atoms with Crippen LogP contribution in [0.4, 0.5) is 5.69 Å². The SMILES string of the molecule is CC(C)Cn1nc(C(=O)N2CCN(c3cccc(O)c3)CC2)c2ccccc2c1=O. The van der Waals surface area contributed by atoms with Crippen LogP contribution < -0.4 is 10.5 Å². The lowest BCUT2D eigenvalue weighted by Gasteiger charge is -2.36. The lowest BCUT2D eigenvalue weighted by atomic mass is 10.1. The summed E-state index contributed by atoms with van der Waals surface area (Å²) in [6, 6.07) is 14.3. The van der Waals surface area contributed by atoms with Gasteiger partial charge in [-0.25, -0.2) is 4.68 Å². The molecule has 0 atom stereocenters. The molecule has 7 heteroatoms. The molecule has 0 aliphatic carbocycles. The Bertz CT molecular complexity index is 1130. The van der Waals surface area contributed by atoms with Crippen molar-refractivity contribution in [2.45, 2.75) is 20.4 Å². The molecule has 0 spiro atoms. The van der Waals surface area contributed by atoms with Crippen molar-refractivity contribution < 1.29 is 9.90 Å². The number of anilines is 1. The Balaban J connectivity index is 1.61.